The molecule has 16 heavy (non-hydrogen) atoms. The number of rotatable bonds is 3. The molecule has 0 aliphatic heterocycles. The van der Waals surface area contributed by atoms with Gasteiger partial charge in [-0.25, -0.2) is 4.98 Å². The third-order valence-electron chi connectivity index (χ3n) is 2.86. The molecule has 0 saturated heterocycles. The van der Waals surface area contributed by atoms with E-state index < -0.39 is 4.92 Å². The Bertz CT molecular complexity index is 396. The third-order valence-corrected chi connectivity index (χ3v) is 2.86. The Labute approximate surface area is 93.0 Å². The van der Waals surface area contributed by atoms with Gasteiger partial charge in [-0.3, -0.25) is 10.1 Å². The van der Waals surface area contributed by atoms with Crippen LogP contribution in [-0.4, -0.2) is 22.0 Å². The van der Waals surface area contributed by atoms with Crippen LogP contribution < -0.4 is 11.1 Å². The number of nitrogens with two attached hydrogens (primary N) is 1. The Morgan fingerprint density at radius 2 is 2.38 bits per heavy atom. The number of nitrogens with one attached hydrogen (secondary N) is 1. The molecule has 1 aromatic rings. The second-order valence-electron chi connectivity index (χ2n) is 4.00. The van der Waals surface area contributed by atoms with E-state index >= 15 is 0 Å². The van der Waals surface area contributed by atoms with Crippen molar-refractivity contribution in [2.75, 3.05) is 5.32 Å². The van der Waals surface area contributed by atoms with Gasteiger partial charge >= 0.3 is 0 Å². The van der Waals surface area contributed by atoms with Crippen molar-refractivity contribution < 1.29 is 4.92 Å². The SMILES string of the molecule is NC1CCCC1Nc1cc([N+](=O)[O-])ccn1. The third kappa shape index (κ3) is 2.27. The average Bonchev–Trinajstić information content (AvgIpc) is 2.65. The first-order valence-electron chi connectivity index (χ1n) is 5.29. The molecule has 86 valence electrons. The molecule has 3 N–H and O–H groups in total. The van der Waals surface area contributed by atoms with Gasteiger partial charge in [0.1, 0.15) is 5.82 Å². The predicted molar refractivity (Wildman–Crippen MR) is 60.1 cm³/mol. The van der Waals surface area contributed by atoms with E-state index in [1.165, 1.54) is 18.3 Å². The monoisotopic (exact) mass is 222 g/mol. The van der Waals surface area contributed by atoms with Gasteiger partial charge in [0, 0.05) is 24.3 Å². The van der Waals surface area contributed by atoms with E-state index in [2.05, 4.69) is 10.3 Å². The quantitative estimate of drug-likeness (QED) is 0.593. The molecule has 0 bridgehead atoms. The first kappa shape index (κ1) is 10.8. The number of pyridine rings is 1. The van der Waals surface area contributed by atoms with Gasteiger partial charge in [0.2, 0.25) is 0 Å². The zero-order valence-electron chi connectivity index (χ0n) is 8.80. The number of hydrogen-bond acceptors (Lipinski definition) is 5. The van der Waals surface area contributed by atoms with Crippen molar-refractivity contribution in [2.45, 2.75) is 31.3 Å². The highest BCUT2D eigenvalue weighted by atomic mass is 16.6. The highest BCUT2D eigenvalue weighted by Gasteiger charge is 2.24. The Kier molecular flexibility index (Phi) is 3.00. The van der Waals surface area contributed by atoms with Crippen LogP contribution in [0.3, 0.4) is 0 Å². The molecule has 0 radical (unpaired) electrons. The van der Waals surface area contributed by atoms with Crippen LogP contribution in [0.5, 0.6) is 0 Å². The van der Waals surface area contributed by atoms with Crippen molar-refractivity contribution in [2.24, 2.45) is 5.73 Å². The average molecular weight is 222 g/mol. The van der Waals surface area contributed by atoms with Crippen LogP contribution in [0.2, 0.25) is 0 Å². The van der Waals surface area contributed by atoms with Gasteiger partial charge < -0.3 is 11.1 Å². The minimum absolute atomic E-state index is 0.0454. The summed E-state index contributed by atoms with van der Waals surface area (Å²) in [6, 6.07) is 3.10. The lowest BCUT2D eigenvalue weighted by Gasteiger charge is -2.17. The molecule has 2 rings (SSSR count). The summed E-state index contributed by atoms with van der Waals surface area (Å²) in [5.74, 6) is 0.525. The maximum absolute atomic E-state index is 10.6. The molecular formula is C10H14N4O2. The normalized spacial score (nSPS) is 24.3. The van der Waals surface area contributed by atoms with Crippen LogP contribution >= 0.6 is 0 Å². The van der Waals surface area contributed by atoms with Crippen molar-refractivity contribution in [1.82, 2.24) is 4.98 Å². The summed E-state index contributed by atoms with van der Waals surface area (Å²) in [7, 11) is 0. The fourth-order valence-electron chi connectivity index (χ4n) is 1.97. The lowest BCUT2D eigenvalue weighted by Crippen LogP contribution is -2.35. The first-order chi connectivity index (χ1) is 7.66. The Balaban J connectivity index is 2.09. The van der Waals surface area contributed by atoms with Crippen LogP contribution in [-0.2, 0) is 0 Å². The molecule has 2 unspecified atom stereocenters. The zero-order valence-corrected chi connectivity index (χ0v) is 8.80. The van der Waals surface area contributed by atoms with Gasteiger partial charge in [0.05, 0.1) is 11.0 Å². The highest BCUT2D eigenvalue weighted by molar-refractivity contribution is 5.45. The van der Waals surface area contributed by atoms with Crippen molar-refractivity contribution in [3.05, 3.63) is 28.4 Å². The van der Waals surface area contributed by atoms with E-state index in [-0.39, 0.29) is 17.8 Å². The van der Waals surface area contributed by atoms with Crippen LogP contribution in [0, 0.1) is 10.1 Å². The van der Waals surface area contributed by atoms with E-state index in [1.807, 2.05) is 0 Å². The Hall–Kier alpha value is -1.69. The molecule has 1 aromatic heterocycles. The number of anilines is 1. The van der Waals surface area contributed by atoms with Crippen molar-refractivity contribution in [1.29, 1.82) is 0 Å². The molecule has 2 atom stereocenters. The highest BCUT2D eigenvalue weighted by Crippen LogP contribution is 2.22. The van der Waals surface area contributed by atoms with Gasteiger partial charge in [0.25, 0.3) is 5.69 Å². The summed E-state index contributed by atoms with van der Waals surface area (Å²) in [5.41, 5.74) is 5.95. The maximum atomic E-state index is 10.6. The topological polar surface area (TPSA) is 94.1 Å². The van der Waals surface area contributed by atoms with Gasteiger partial charge in [-0.15, -0.1) is 0 Å². The second-order valence-corrected chi connectivity index (χ2v) is 4.00. The molecule has 1 saturated carbocycles. The first-order valence-corrected chi connectivity index (χ1v) is 5.29. The molecular weight excluding hydrogens is 208 g/mol. The summed E-state index contributed by atoms with van der Waals surface area (Å²) >= 11 is 0. The molecule has 1 aliphatic rings. The zero-order chi connectivity index (χ0) is 11.5. The van der Waals surface area contributed by atoms with Gasteiger partial charge in [0.15, 0.2) is 0 Å². The summed E-state index contributed by atoms with van der Waals surface area (Å²) in [6.45, 7) is 0. The number of aromatic nitrogens is 1. The van der Waals surface area contributed by atoms with Crippen molar-refractivity contribution in [3.8, 4) is 0 Å². The molecule has 6 nitrogen and oxygen atoms in total. The van der Waals surface area contributed by atoms with E-state index in [9.17, 15) is 10.1 Å². The van der Waals surface area contributed by atoms with E-state index in [1.54, 1.807) is 0 Å². The lowest BCUT2D eigenvalue weighted by atomic mass is 10.2. The minimum Gasteiger partial charge on any atom is -0.366 e. The number of hydrogen-bond donors (Lipinski definition) is 2. The number of nitrogens with zero attached hydrogens (tertiary/aromatic N) is 2. The van der Waals surface area contributed by atoms with Crippen LogP contribution in [0.25, 0.3) is 0 Å². The van der Waals surface area contributed by atoms with Gasteiger partial charge in [-0.05, 0) is 19.3 Å². The van der Waals surface area contributed by atoms with Crippen molar-refractivity contribution in [3.63, 3.8) is 0 Å². The summed E-state index contributed by atoms with van der Waals surface area (Å²) in [4.78, 5) is 14.2. The fraction of sp³-hybridized carbons (Fsp3) is 0.500. The van der Waals surface area contributed by atoms with E-state index in [0.29, 0.717) is 5.82 Å². The summed E-state index contributed by atoms with van der Waals surface area (Å²) < 4.78 is 0. The molecule has 0 aromatic carbocycles. The molecule has 0 spiro atoms. The molecule has 0 amide bonds. The van der Waals surface area contributed by atoms with Crippen LogP contribution in [0.1, 0.15) is 19.3 Å². The molecule has 1 heterocycles. The largest absolute Gasteiger partial charge is 0.366 e. The number of nitro groups is 1. The fourth-order valence-corrected chi connectivity index (χ4v) is 1.97. The summed E-state index contributed by atoms with van der Waals surface area (Å²) in [6.07, 6.45) is 4.51. The standard InChI is InChI=1S/C10H14N4O2/c11-8-2-1-3-9(8)13-10-6-7(14(15)16)4-5-12-10/h4-6,8-9H,1-3,11H2,(H,12,13). The lowest BCUT2D eigenvalue weighted by molar-refractivity contribution is -0.384. The van der Waals surface area contributed by atoms with Crippen molar-refractivity contribution >= 4 is 11.5 Å². The molecule has 1 aliphatic carbocycles. The smallest absolute Gasteiger partial charge is 0.274 e. The molecule has 6 heteroatoms. The Morgan fingerprint density at radius 1 is 1.56 bits per heavy atom. The minimum atomic E-state index is -0.429. The van der Waals surface area contributed by atoms with Crippen LogP contribution in [0.15, 0.2) is 18.3 Å². The predicted octanol–water partition coefficient (Wildman–Crippen LogP) is 1.28. The summed E-state index contributed by atoms with van der Waals surface area (Å²) in [5, 5.41) is 13.7. The van der Waals surface area contributed by atoms with Gasteiger partial charge in [-0.2, -0.15) is 0 Å². The second kappa shape index (κ2) is 4.44. The van der Waals surface area contributed by atoms with Crippen LogP contribution in [0.4, 0.5) is 11.5 Å². The van der Waals surface area contributed by atoms with E-state index in [0.717, 1.165) is 19.3 Å². The maximum Gasteiger partial charge on any atom is 0.274 e. The molecule has 1 fully saturated rings. The van der Waals surface area contributed by atoms with Gasteiger partial charge in [-0.1, -0.05) is 0 Å². The van der Waals surface area contributed by atoms with E-state index in [4.69, 9.17) is 5.73 Å². The Morgan fingerprint density at radius 3 is 3.00 bits per heavy atom.